The average molecular weight is 468 g/mol. The van der Waals surface area contributed by atoms with E-state index in [1.165, 1.54) is 50.9 Å². The van der Waals surface area contributed by atoms with E-state index in [1.807, 2.05) is 7.05 Å². The fourth-order valence-corrected chi connectivity index (χ4v) is 4.77. The lowest BCUT2D eigenvalue weighted by atomic mass is 10.0. The predicted octanol–water partition coefficient (Wildman–Crippen LogP) is 3.66. The molecular formula is C18H37IN4S. The van der Waals surface area contributed by atoms with Crippen molar-refractivity contribution in [1.82, 2.24) is 15.1 Å². The van der Waals surface area contributed by atoms with Crippen LogP contribution in [0.1, 0.15) is 52.9 Å². The highest BCUT2D eigenvalue weighted by Gasteiger charge is 2.28. The molecule has 0 saturated carbocycles. The number of piperidine rings is 1. The fourth-order valence-electron chi connectivity index (χ4n) is 3.66. The Morgan fingerprint density at radius 2 is 2.04 bits per heavy atom. The van der Waals surface area contributed by atoms with Gasteiger partial charge in [-0.2, -0.15) is 11.8 Å². The second-order valence-corrected chi connectivity index (χ2v) is 9.39. The van der Waals surface area contributed by atoms with Gasteiger partial charge in [0.05, 0.1) is 0 Å². The number of nitrogens with one attached hydrogen (secondary N) is 1. The van der Waals surface area contributed by atoms with E-state index >= 15 is 0 Å². The minimum atomic E-state index is 0. The lowest BCUT2D eigenvalue weighted by Crippen LogP contribution is -2.51. The number of rotatable bonds is 5. The number of nitrogens with zero attached hydrogens (tertiary/aromatic N) is 3. The van der Waals surface area contributed by atoms with Gasteiger partial charge in [0.1, 0.15) is 0 Å². The van der Waals surface area contributed by atoms with Crippen LogP contribution in [0.25, 0.3) is 0 Å². The third kappa shape index (κ3) is 7.28. The van der Waals surface area contributed by atoms with Crippen molar-refractivity contribution in [3.63, 3.8) is 0 Å². The molecule has 0 aromatic carbocycles. The van der Waals surface area contributed by atoms with E-state index in [-0.39, 0.29) is 24.0 Å². The third-order valence-electron chi connectivity index (χ3n) is 5.03. The number of thioether (sulfide) groups is 1. The minimum absolute atomic E-state index is 0. The Labute approximate surface area is 170 Å². The molecule has 2 rings (SSSR count). The summed E-state index contributed by atoms with van der Waals surface area (Å²) in [6, 6.07) is 0.789. The number of hydrogen-bond acceptors (Lipinski definition) is 3. The topological polar surface area (TPSA) is 30.9 Å². The molecule has 2 aliphatic rings. The zero-order valence-electron chi connectivity index (χ0n) is 16.0. The summed E-state index contributed by atoms with van der Waals surface area (Å²) in [5, 5.41) is 3.57. The van der Waals surface area contributed by atoms with Crippen molar-refractivity contribution >= 4 is 41.7 Å². The van der Waals surface area contributed by atoms with Crippen LogP contribution in [-0.4, -0.2) is 72.1 Å². The van der Waals surface area contributed by atoms with Crippen LogP contribution >= 0.6 is 35.7 Å². The van der Waals surface area contributed by atoms with Gasteiger partial charge in [-0.05, 0) is 59.5 Å². The van der Waals surface area contributed by atoms with E-state index in [9.17, 15) is 0 Å². The fraction of sp³-hybridized carbons (Fsp3) is 0.944. The first-order chi connectivity index (χ1) is 11.0. The Balaban J connectivity index is 0.00000288. The van der Waals surface area contributed by atoms with Crippen LogP contribution in [0.2, 0.25) is 0 Å². The molecule has 1 N–H and O–H groups in total. The molecule has 4 nitrogen and oxygen atoms in total. The van der Waals surface area contributed by atoms with Crippen molar-refractivity contribution in [2.75, 3.05) is 45.5 Å². The standard InChI is InChI=1S/C18H36N4S.HI/c1-16-9-5-7-11-21(16)12-8-6-10-20-17(19-4)22-13-14-23-18(2,3)15-22;/h16H,5-15H2,1-4H3,(H,19,20);1H. The highest BCUT2D eigenvalue weighted by Crippen LogP contribution is 2.29. The van der Waals surface area contributed by atoms with E-state index in [0.717, 1.165) is 31.6 Å². The summed E-state index contributed by atoms with van der Waals surface area (Å²) in [7, 11) is 1.91. The number of likely N-dealkylation sites (tertiary alicyclic amines) is 1. The highest BCUT2D eigenvalue weighted by atomic mass is 127. The maximum atomic E-state index is 4.49. The molecule has 0 aromatic rings. The zero-order chi connectivity index (χ0) is 16.7. The Bertz CT molecular complexity index is 389. The van der Waals surface area contributed by atoms with Crippen LogP contribution in [0.3, 0.4) is 0 Å². The van der Waals surface area contributed by atoms with Gasteiger partial charge in [-0.3, -0.25) is 4.99 Å². The van der Waals surface area contributed by atoms with E-state index in [4.69, 9.17) is 0 Å². The molecule has 2 saturated heterocycles. The number of hydrogen-bond donors (Lipinski definition) is 1. The van der Waals surface area contributed by atoms with Gasteiger partial charge in [-0.1, -0.05) is 6.42 Å². The number of guanidine groups is 1. The second-order valence-electron chi connectivity index (χ2n) is 7.59. The predicted molar refractivity (Wildman–Crippen MR) is 119 cm³/mol. The van der Waals surface area contributed by atoms with Gasteiger partial charge in [-0.25, -0.2) is 0 Å². The normalized spacial score (nSPS) is 25.2. The summed E-state index contributed by atoms with van der Waals surface area (Å²) < 4.78 is 0.334. The average Bonchev–Trinajstić information content (AvgIpc) is 2.51. The van der Waals surface area contributed by atoms with Crippen LogP contribution in [0, 0.1) is 0 Å². The molecule has 2 aliphatic heterocycles. The van der Waals surface area contributed by atoms with Gasteiger partial charge >= 0.3 is 0 Å². The van der Waals surface area contributed by atoms with Gasteiger partial charge in [0.25, 0.3) is 0 Å². The molecule has 6 heteroatoms. The summed E-state index contributed by atoms with van der Waals surface area (Å²) in [6.45, 7) is 12.8. The maximum absolute atomic E-state index is 4.49. The number of unbranched alkanes of at least 4 members (excludes halogenated alkanes) is 1. The van der Waals surface area contributed by atoms with Gasteiger partial charge in [0.2, 0.25) is 0 Å². The third-order valence-corrected chi connectivity index (χ3v) is 6.33. The lowest BCUT2D eigenvalue weighted by Gasteiger charge is -2.39. The largest absolute Gasteiger partial charge is 0.356 e. The van der Waals surface area contributed by atoms with Crippen molar-refractivity contribution < 1.29 is 0 Å². The van der Waals surface area contributed by atoms with Gasteiger partial charge in [0.15, 0.2) is 5.96 Å². The molecule has 2 fully saturated rings. The molecule has 142 valence electrons. The molecule has 1 unspecified atom stereocenters. The minimum Gasteiger partial charge on any atom is -0.356 e. The summed E-state index contributed by atoms with van der Waals surface area (Å²) >= 11 is 2.07. The van der Waals surface area contributed by atoms with Crippen LogP contribution in [-0.2, 0) is 0 Å². The van der Waals surface area contributed by atoms with Crippen molar-refractivity contribution in [3.05, 3.63) is 0 Å². The highest BCUT2D eigenvalue weighted by molar-refractivity contribution is 14.0. The van der Waals surface area contributed by atoms with E-state index in [2.05, 4.69) is 52.6 Å². The second kappa shape index (κ2) is 11.1. The van der Waals surface area contributed by atoms with Crippen LogP contribution in [0.15, 0.2) is 4.99 Å². The molecule has 0 amide bonds. The monoisotopic (exact) mass is 468 g/mol. The smallest absolute Gasteiger partial charge is 0.193 e. The molecule has 0 spiro atoms. The maximum Gasteiger partial charge on any atom is 0.193 e. The molecule has 2 heterocycles. The molecule has 24 heavy (non-hydrogen) atoms. The number of halogens is 1. The Morgan fingerprint density at radius 3 is 2.71 bits per heavy atom. The van der Waals surface area contributed by atoms with Crippen molar-refractivity contribution in [3.8, 4) is 0 Å². The van der Waals surface area contributed by atoms with E-state index in [1.54, 1.807) is 0 Å². The summed E-state index contributed by atoms with van der Waals surface area (Å²) in [5.74, 6) is 2.28. The van der Waals surface area contributed by atoms with Crippen molar-refractivity contribution in [1.29, 1.82) is 0 Å². The summed E-state index contributed by atoms with van der Waals surface area (Å²) in [4.78, 5) is 9.58. The molecule has 0 radical (unpaired) electrons. The van der Waals surface area contributed by atoms with Gasteiger partial charge < -0.3 is 15.1 Å². The zero-order valence-corrected chi connectivity index (χ0v) is 19.2. The van der Waals surface area contributed by atoms with E-state index in [0.29, 0.717) is 4.75 Å². The molecule has 0 aromatic heterocycles. The first-order valence-electron chi connectivity index (χ1n) is 9.35. The Morgan fingerprint density at radius 1 is 1.25 bits per heavy atom. The molecule has 0 aliphatic carbocycles. The quantitative estimate of drug-likeness (QED) is 0.289. The molecule has 0 bridgehead atoms. The van der Waals surface area contributed by atoms with Crippen molar-refractivity contribution in [2.24, 2.45) is 4.99 Å². The van der Waals surface area contributed by atoms with Crippen LogP contribution < -0.4 is 5.32 Å². The Kier molecular flexibility index (Phi) is 10.4. The molecular weight excluding hydrogens is 431 g/mol. The number of aliphatic imine (C=N–C) groups is 1. The van der Waals surface area contributed by atoms with Gasteiger partial charge in [-0.15, -0.1) is 24.0 Å². The van der Waals surface area contributed by atoms with Crippen LogP contribution in [0.5, 0.6) is 0 Å². The first-order valence-corrected chi connectivity index (χ1v) is 10.3. The summed E-state index contributed by atoms with van der Waals surface area (Å²) in [6.07, 6.45) is 6.70. The first kappa shape index (κ1) is 22.4. The molecule has 1 atom stereocenters. The Hall–Kier alpha value is 0.310. The summed E-state index contributed by atoms with van der Waals surface area (Å²) in [5.41, 5.74) is 0. The van der Waals surface area contributed by atoms with Crippen LogP contribution in [0.4, 0.5) is 0 Å². The van der Waals surface area contributed by atoms with Crippen molar-refractivity contribution in [2.45, 2.75) is 63.7 Å². The SMILES string of the molecule is CN=C(NCCCCN1CCCCC1C)N1CCSC(C)(C)C1.I. The lowest BCUT2D eigenvalue weighted by molar-refractivity contribution is 0.158. The van der Waals surface area contributed by atoms with E-state index < -0.39 is 0 Å². The van der Waals surface area contributed by atoms with Gasteiger partial charge in [0, 0.05) is 43.2 Å².